The molecule has 2 aromatic carbocycles. The minimum atomic E-state index is -0.803. The minimum absolute atomic E-state index is 0.0432. The van der Waals surface area contributed by atoms with Gasteiger partial charge in [0.05, 0.1) is 30.5 Å². The van der Waals surface area contributed by atoms with E-state index in [1.807, 2.05) is 54.6 Å². The van der Waals surface area contributed by atoms with Gasteiger partial charge in [-0.1, -0.05) is 50.2 Å². The summed E-state index contributed by atoms with van der Waals surface area (Å²) in [5, 5.41) is 12.2. The number of aliphatic hydroxyl groups excluding tert-OH is 1. The number of benzene rings is 2. The van der Waals surface area contributed by atoms with Crippen LogP contribution in [-0.2, 0) is 16.1 Å². The van der Waals surface area contributed by atoms with E-state index in [9.17, 15) is 14.7 Å². The van der Waals surface area contributed by atoms with Gasteiger partial charge in [-0.05, 0) is 41.8 Å². The number of ether oxygens (including phenoxy) is 1. The Morgan fingerprint density at radius 3 is 2.67 bits per heavy atom. The van der Waals surface area contributed by atoms with Gasteiger partial charge in [-0.3, -0.25) is 14.6 Å². The number of aromatic amines is 1. The standard InChI is InChI=1S/C29H27N3O4/c1-18(2)17-36-21-10-7-8-19(14-21)26-25(27(33)23-15-31-24-12-4-3-11-22(23)24)28(34)29(35)32(26)16-20-9-5-6-13-30-20/h3-15,18,26,31,33H,16-17H2,1-2H3/b27-25-. The number of ketones is 1. The lowest BCUT2D eigenvalue weighted by Crippen LogP contribution is -2.29. The average Bonchev–Trinajstić information content (AvgIpc) is 3.43. The molecule has 0 bridgehead atoms. The first-order valence-corrected chi connectivity index (χ1v) is 11.9. The van der Waals surface area contributed by atoms with Crippen molar-refractivity contribution in [2.45, 2.75) is 26.4 Å². The Balaban J connectivity index is 1.65. The third-order valence-corrected chi connectivity index (χ3v) is 6.20. The maximum atomic E-state index is 13.4. The van der Waals surface area contributed by atoms with Crippen LogP contribution in [0.4, 0.5) is 0 Å². The molecule has 0 saturated carbocycles. The maximum absolute atomic E-state index is 13.4. The summed E-state index contributed by atoms with van der Waals surface area (Å²) in [5.74, 6) is -0.650. The molecule has 5 rings (SSSR count). The molecule has 7 nitrogen and oxygen atoms in total. The number of aliphatic hydroxyl groups is 1. The van der Waals surface area contributed by atoms with Crippen molar-refractivity contribution in [2.75, 3.05) is 6.61 Å². The Hall–Kier alpha value is -4.39. The quantitative estimate of drug-likeness (QED) is 0.214. The predicted octanol–water partition coefficient (Wildman–Crippen LogP) is 5.22. The fourth-order valence-corrected chi connectivity index (χ4v) is 4.51. The first kappa shape index (κ1) is 23.4. The first-order chi connectivity index (χ1) is 17.4. The summed E-state index contributed by atoms with van der Waals surface area (Å²) in [6.07, 6.45) is 3.30. The van der Waals surface area contributed by atoms with Crippen molar-refractivity contribution < 1.29 is 19.4 Å². The van der Waals surface area contributed by atoms with Gasteiger partial charge < -0.3 is 19.7 Å². The van der Waals surface area contributed by atoms with Gasteiger partial charge in [-0.2, -0.15) is 0 Å². The van der Waals surface area contributed by atoms with E-state index in [1.54, 1.807) is 24.5 Å². The lowest BCUT2D eigenvalue weighted by Gasteiger charge is -2.25. The van der Waals surface area contributed by atoms with E-state index in [4.69, 9.17) is 4.74 Å². The van der Waals surface area contributed by atoms with Gasteiger partial charge in [-0.25, -0.2) is 0 Å². The van der Waals surface area contributed by atoms with Gasteiger partial charge >= 0.3 is 0 Å². The Morgan fingerprint density at radius 2 is 1.89 bits per heavy atom. The molecule has 2 aromatic heterocycles. The Kier molecular flexibility index (Phi) is 6.29. The Labute approximate surface area is 209 Å². The molecule has 36 heavy (non-hydrogen) atoms. The van der Waals surface area contributed by atoms with Gasteiger partial charge in [0.15, 0.2) is 0 Å². The first-order valence-electron chi connectivity index (χ1n) is 11.9. The van der Waals surface area contributed by atoms with Crippen LogP contribution in [0.25, 0.3) is 16.7 Å². The molecule has 0 radical (unpaired) electrons. The van der Waals surface area contributed by atoms with Gasteiger partial charge in [0, 0.05) is 28.9 Å². The van der Waals surface area contributed by atoms with Gasteiger partial charge in [-0.15, -0.1) is 0 Å². The van der Waals surface area contributed by atoms with Crippen LogP contribution >= 0.6 is 0 Å². The monoisotopic (exact) mass is 481 g/mol. The summed E-state index contributed by atoms with van der Waals surface area (Å²) in [4.78, 5) is 35.6. The van der Waals surface area contributed by atoms with Crippen molar-refractivity contribution in [3.8, 4) is 5.75 Å². The average molecular weight is 482 g/mol. The smallest absolute Gasteiger partial charge is 0.296 e. The van der Waals surface area contributed by atoms with Crippen LogP contribution in [0.1, 0.15) is 36.7 Å². The number of carbonyl (C=O) groups excluding carboxylic acids is 2. The van der Waals surface area contributed by atoms with Gasteiger partial charge in [0.1, 0.15) is 11.5 Å². The van der Waals surface area contributed by atoms with E-state index in [1.165, 1.54) is 4.90 Å². The van der Waals surface area contributed by atoms with Crippen LogP contribution in [0.3, 0.4) is 0 Å². The van der Waals surface area contributed by atoms with Crippen LogP contribution in [0.2, 0.25) is 0 Å². The second kappa shape index (κ2) is 9.70. The number of para-hydroxylation sites is 1. The largest absolute Gasteiger partial charge is 0.507 e. The maximum Gasteiger partial charge on any atom is 0.296 e. The number of hydrogen-bond acceptors (Lipinski definition) is 5. The van der Waals surface area contributed by atoms with E-state index in [-0.39, 0.29) is 17.9 Å². The van der Waals surface area contributed by atoms with Gasteiger partial charge in [0.25, 0.3) is 11.7 Å². The van der Waals surface area contributed by atoms with Crippen LogP contribution in [0, 0.1) is 5.92 Å². The molecule has 1 aliphatic rings. The third-order valence-electron chi connectivity index (χ3n) is 6.20. The lowest BCUT2D eigenvalue weighted by molar-refractivity contribution is -0.140. The highest BCUT2D eigenvalue weighted by Gasteiger charge is 2.46. The number of likely N-dealkylation sites (tertiary alicyclic amines) is 1. The van der Waals surface area contributed by atoms with Crippen LogP contribution in [-0.4, -0.2) is 38.3 Å². The highest BCUT2D eigenvalue weighted by atomic mass is 16.5. The number of nitrogens with one attached hydrogen (secondary N) is 1. The highest BCUT2D eigenvalue weighted by molar-refractivity contribution is 6.46. The van der Waals surface area contributed by atoms with Crippen LogP contribution in [0.5, 0.6) is 5.75 Å². The normalized spacial score (nSPS) is 17.3. The molecule has 2 N–H and O–H groups in total. The fourth-order valence-electron chi connectivity index (χ4n) is 4.51. The van der Waals surface area contributed by atoms with Crippen molar-refractivity contribution in [2.24, 2.45) is 5.92 Å². The third kappa shape index (κ3) is 4.35. The number of pyridine rings is 1. The number of H-pyrrole nitrogens is 1. The summed E-state index contributed by atoms with van der Waals surface area (Å²) in [7, 11) is 0. The molecule has 182 valence electrons. The zero-order valence-electron chi connectivity index (χ0n) is 20.1. The van der Waals surface area contributed by atoms with E-state index in [0.29, 0.717) is 35.1 Å². The number of rotatable bonds is 7. The summed E-state index contributed by atoms with van der Waals surface area (Å²) >= 11 is 0. The van der Waals surface area contributed by atoms with Crippen molar-refractivity contribution in [3.05, 3.63) is 102 Å². The molecule has 7 heteroatoms. The molecule has 1 fully saturated rings. The molecular formula is C29H27N3O4. The minimum Gasteiger partial charge on any atom is -0.507 e. The number of nitrogens with zero attached hydrogens (tertiary/aromatic N) is 2. The number of fused-ring (bicyclic) bond motifs is 1. The predicted molar refractivity (Wildman–Crippen MR) is 137 cm³/mol. The molecule has 0 spiro atoms. The van der Waals surface area contributed by atoms with E-state index >= 15 is 0 Å². The molecule has 1 unspecified atom stereocenters. The molecule has 1 atom stereocenters. The van der Waals surface area contributed by atoms with E-state index < -0.39 is 17.7 Å². The zero-order chi connectivity index (χ0) is 25.2. The number of aromatic nitrogens is 2. The number of hydrogen-bond donors (Lipinski definition) is 2. The Morgan fingerprint density at radius 1 is 1.08 bits per heavy atom. The lowest BCUT2D eigenvalue weighted by atomic mass is 9.95. The van der Waals surface area contributed by atoms with Crippen molar-refractivity contribution in [1.82, 2.24) is 14.9 Å². The molecule has 1 aliphatic heterocycles. The van der Waals surface area contributed by atoms with E-state index in [2.05, 4.69) is 23.8 Å². The molecular weight excluding hydrogens is 454 g/mol. The molecule has 3 heterocycles. The van der Waals surface area contributed by atoms with Crippen LogP contribution in [0.15, 0.2) is 84.7 Å². The summed E-state index contributed by atoms with van der Waals surface area (Å²) in [5.41, 5.74) is 2.65. The van der Waals surface area contributed by atoms with Crippen LogP contribution < -0.4 is 4.74 Å². The van der Waals surface area contributed by atoms with Crippen molar-refractivity contribution in [3.63, 3.8) is 0 Å². The number of Topliss-reactive ketones (excluding diaryl/α,β-unsaturated/α-hetero) is 1. The fraction of sp³-hybridized carbons (Fsp3) is 0.207. The second-order valence-electron chi connectivity index (χ2n) is 9.27. The summed E-state index contributed by atoms with van der Waals surface area (Å²) < 4.78 is 5.92. The van der Waals surface area contributed by atoms with E-state index in [0.717, 1.165) is 10.9 Å². The molecule has 4 aromatic rings. The topological polar surface area (TPSA) is 95.5 Å². The van der Waals surface area contributed by atoms with Crippen molar-refractivity contribution in [1.29, 1.82) is 0 Å². The molecule has 1 amide bonds. The molecule has 1 saturated heterocycles. The summed E-state index contributed by atoms with van der Waals surface area (Å²) in [6.45, 7) is 4.78. The SMILES string of the molecule is CC(C)COc1cccc(C2/C(=C(/O)c3c[nH]c4ccccc34)C(=O)C(=O)N2Cc2ccccn2)c1. The number of carbonyl (C=O) groups is 2. The Bertz CT molecular complexity index is 1460. The molecule has 0 aliphatic carbocycles. The highest BCUT2D eigenvalue weighted by Crippen LogP contribution is 2.42. The van der Waals surface area contributed by atoms with Gasteiger partial charge in [0.2, 0.25) is 0 Å². The number of amides is 1. The second-order valence-corrected chi connectivity index (χ2v) is 9.27. The van der Waals surface area contributed by atoms with Crippen molar-refractivity contribution >= 4 is 28.4 Å². The summed E-state index contributed by atoms with van der Waals surface area (Å²) in [6, 6.07) is 19.5. The zero-order valence-corrected chi connectivity index (χ0v) is 20.1.